The van der Waals surface area contributed by atoms with Crippen molar-refractivity contribution in [2.75, 3.05) is 64.2 Å². The van der Waals surface area contributed by atoms with Crippen LogP contribution >= 0.6 is 31.9 Å². The summed E-state index contributed by atoms with van der Waals surface area (Å²) in [6.07, 6.45) is 2.91. The van der Waals surface area contributed by atoms with E-state index in [1.165, 1.54) is 0 Å². The smallest absolute Gasteiger partial charge is 0.410 e. The molecule has 3 fully saturated rings. The largest absolute Gasteiger partial charge is 0.436 e. The number of halogens is 2. The van der Waals surface area contributed by atoms with Gasteiger partial charge in [0.05, 0.1) is 0 Å². The van der Waals surface area contributed by atoms with Gasteiger partial charge in [-0.1, -0.05) is 24.3 Å². The highest BCUT2D eigenvalue weighted by atomic mass is 79.9. The lowest BCUT2D eigenvalue weighted by molar-refractivity contribution is -0.142. The Bertz CT molecular complexity index is 1450. The van der Waals surface area contributed by atoms with Gasteiger partial charge in [-0.15, -0.1) is 0 Å². The van der Waals surface area contributed by atoms with Gasteiger partial charge in [-0.05, 0) is 107 Å². The number of nitrogens with zero attached hydrogens (tertiary/aromatic N) is 5. The van der Waals surface area contributed by atoms with E-state index in [0.717, 1.165) is 71.2 Å². The lowest BCUT2D eigenvalue weighted by Gasteiger charge is -2.44. The van der Waals surface area contributed by atoms with E-state index >= 15 is 0 Å². The van der Waals surface area contributed by atoms with Gasteiger partial charge < -0.3 is 24.8 Å². The van der Waals surface area contributed by atoms with E-state index in [0.29, 0.717) is 64.1 Å². The number of anilines is 1. The van der Waals surface area contributed by atoms with Crippen molar-refractivity contribution in [3.8, 4) is 0 Å². The third-order valence-electron chi connectivity index (χ3n) is 10.6. The van der Waals surface area contributed by atoms with E-state index in [1.54, 1.807) is 4.90 Å². The van der Waals surface area contributed by atoms with Gasteiger partial charge in [0, 0.05) is 98.1 Å². The fraction of sp³-hybridized carbons (Fsp3) is 0.583. The molecule has 0 radical (unpaired) electrons. The molecule has 1 N–H and O–H groups in total. The summed E-state index contributed by atoms with van der Waals surface area (Å²) in [6, 6.07) is 14.8. The Morgan fingerprint density at radius 2 is 1.50 bits per heavy atom. The molecule has 0 aliphatic carbocycles. The van der Waals surface area contributed by atoms with Gasteiger partial charge >= 0.3 is 12.1 Å². The van der Waals surface area contributed by atoms with Gasteiger partial charge in [0.25, 0.3) is 5.91 Å². The van der Waals surface area contributed by atoms with Crippen molar-refractivity contribution in [2.45, 2.75) is 76.6 Å². The zero-order valence-corrected chi connectivity index (χ0v) is 31.3. The topological polar surface area (TPSA) is 88.7 Å². The zero-order valence-electron chi connectivity index (χ0n) is 28.1. The van der Waals surface area contributed by atoms with Crippen molar-refractivity contribution in [3.05, 3.63) is 62.5 Å². The maximum Gasteiger partial charge on any atom is 0.410 e. The number of piperazine rings is 1. The monoisotopic (exact) mass is 786 g/mol. The summed E-state index contributed by atoms with van der Waals surface area (Å²) < 4.78 is 7.89. The number of para-hydroxylation sites is 1. The summed E-state index contributed by atoms with van der Waals surface area (Å²) in [7, 11) is 0. The first-order valence-corrected chi connectivity index (χ1v) is 19.1. The van der Waals surface area contributed by atoms with Crippen molar-refractivity contribution >= 4 is 55.6 Å². The summed E-state index contributed by atoms with van der Waals surface area (Å²) in [4.78, 5) is 51.3. The fourth-order valence-corrected chi connectivity index (χ4v) is 8.30. The van der Waals surface area contributed by atoms with Crippen LogP contribution in [0.5, 0.6) is 0 Å². The number of ether oxygens (including phenoxy) is 1. The number of likely N-dealkylation sites (tertiary alicyclic amines) is 2. The SMILES string of the molecule is CC(C)N1CCN(C2CCN(C(=O)C(Cc3ccc(Br)c(Br)c3)OC(=O)N3CCC(N4CCc5ccccc5NC4=O)CC3)CC2)CC1. The number of piperidine rings is 2. The van der Waals surface area contributed by atoms with Gasteiger partial charge in [-0.2, -0.15) is 0 Å². The number of hydrogen-bond acceptors (Lipinski definition) is 6. The van der Waals surface area contributed by atoms with E-state index in [4.69, 9.17) is 4.74 Å². The highest BCUT2D eigenvalue weighted by molar-refractivity contribution is 9.13. The number of nitrogens with one attached hydrogen (secondary N) is 1. The number of amides is 4. The van der Waals surface area contributed by atoms with E-state index < -0.39 is 12.2 Å². The van der Waals surface area contributed by atoms with Crippen LogP contribution in [0.3, 0.4) is 0 Å². The molecule has 12 heteroatoms. The van der Waals surface area contributed by atoms with Crippen LogP contribution < -0.4 is 5.32 Å². The predicted molar refractivity (Wildman–Crippen MR) is 194 cm³/mol. The molecule has 3 saturated heterocycles. The molecule has 1 unspecified atom stereocenters. The lowest BCUT2D eigenvalue weighted by atomic mass is 10.00. The molecule has 0 bridgehead atoms. The number of carbonyl (C=O) groups excluding carboxylic acids is 3. The molecule has 260 valence electrons. The molecule has 4 amide bonds. The number of hydrogen-bond donors (Lipinski definition) is 1. The van der Waals surface area contributed by atoms with Gasteiger partial charge in [0.2, 0.25) is 0 Å². The average Bonchev–Trinajstić information content (AvgIpc) is 3.27. The maximum atomic E-state index is 14.0. The molecule has 0 saturated carbocycles. The number of benzene rings is 2. The third-order valence-corrected chi connectivity index (χ3v) is 12.5. The first-order valence-electron chi connectivity index (χ1n) is 17.5. The minimum Gasteiger partial charge on any atom is -0.436 e. The second-order valence-corrected chi connectivity index (χ2v) is 15.5. The van der Waals surface area contributed by atoms with Crippen LogP contribution in [0.25, 0.3) is 0 Å². The number of urea groups is 1. The Labute approximate surface area is 301 Å². The van der Waals surface area contributed by atoms with Crippen LogP contribution in [0.4, 0.5) is 15.3 Å². The van der Waals surface area contributed by atoms with Crippen LogP contribution in [0.1, 0.15) is 50.7 Å². The van der Waals surface area contributed by atoms with Gasteiger partial charge in [-0.25, -0.2) is 9.59 Å². The number of carbonyl (C=O) groups is 3. The highest BCUT2D eigenvalue weighted by Crippen LogP contribution is 2.28. The minimum absolute atomic E-state index is 0.0375. The third kappa shape index (κ3) is 8.37. The van der Waals surface area contributed by atoms with Gasteiger partial charge in [-0.3, -0.25) is 14.6 Å². The van der Waals surface area contributed by atoms with E-state index in [2.05, 4.69) is 66.9 Å². The lowest BCUT2D eigenvalue weighted by Crippen LogP contribution is -2.56. The standard InChI is InChI=1S/C36H48Br2N6O4/c1-25(2)40-19-21-41(22-20-40)28-10-14-42(15-11-28)34(45)33(24-26-7-8-30(37)31(38)23-26)48-36(47)43-16-12-29(13-17-43)44-18-9-27-5-3-4-6-32(27)39-35(44)46/h3-8,23,25,28-29,33H,9-22,24H2,1-2H3,(H,39,46). The minimum atomic E-state index is -0.913. The Balaban J connectivity index is 1.05. The summed E-state index contributed by atoms with van der Waals surface area (Å²) in [5, 5.41) is 3.06. The Morgan fingerprint density at radius 3 is 2.19 bits per heavy atom. The normalized spacial score (nSPS) is 21.1. The molecular weight excluding hydrogens is 740 g/mol. The van der Waals surface area contributed by atoms with Gasteiger partial charge in [0.15, 0.2) is 6.10 Å². The van der Waals surface area contributed by atoms with Crippen LogP contribution in [0.2, 0.25) is 0 Å². The average molecular weight is 789 g/mol. The van der Waals surface area contributed by atoms with E-state index in [-0.39, 0.29) is 18.0 Å². The fourth-order valence-electron chi connectivity index (χ4n) is 7.63. The number of rotatable bonds is 7. The molecule has 6 rings (SSSR count). The van der Waals surface area contributed by atoms with E-state index in [1.807, 2.05) is 46.2 Å². The van der Waals surface area contributed by atoms with Crippen LogP contribution in [-0.4, -0.2) is 126 Å². The molecule has 0 aromatic heterocycles. The molecule has 0 spiro atoms. The molecule has 2 aromatic carbocycles. The zero-order chi connectivity index (χ0) is 33.8. The van der Waals surface area contributed by atoms with Crippen molar-refractivity contribution in [1.29, 1.82) is 0 Å². The van der Waals surface area contributed by atoms with E-state index in [9.17, 15) is 14.4 Å². The molecule has 4 aliphatic heterocycles. The molecule has 2 aromatic rings. The molecule has 1 atom stereocenters. The summed E-state index contributed by atoms with van der Waals surface area (Å²) in [6.45, 7) is 11.8. The molecule has 4 heterocycles. The molecule has 10 nitrogen and oxygen atoms in total. The first kappa shape index (κ1) is 35.2. The van der Waals surface area contributed by atoms with Crippen LogP contribution in [-0.2, 0) is 22.4 Å². The predicted octanol–water partition coefficient (Wildman–Crippen LogP) is 5.83. The first-order chi connectivity index (χ1) is 23.2. The quantitative estimate of drug-likeness (QED) is 0.380. The maximum absolute atomic E-state index is 14.0. The van der Waals surface area contributed by atoms with Crippen molar-refractivity contribution in [1.82, 2.24) is 24.5 Å². The summed E-state index contributed by atoms with van der Waals surface area (Å²) in [5.74, 6) is -0.124. The second kappa shape index (κ2) is 15.9. The molecule has 48 heavy (non-hydrogen) atoms. The summed E-state index contributed by atoms with van der Waals surface area (Å²) >= 11 is 7.10. The van der Waals surface area contributed by atoms with Crippen LogP contribution in [0, 0.1) is 0 Å². The number of fused-ring (bicyclic) bond motifs is 1. The highest BCUT2D eigenvalue weighted by Gasteiger charge is 2.36. The Hall–Kier alpha value is -2.67. The molecule has 4 aliphatic rings. The molecular formula is C36H48Br2N6O4. The van der Waals surface area contributed by atoms with Crippen LogP contribution in [0.15, 0.2) is 51.4 Å². The van der Waals surface area contributed by atoms with Crippen molar-refractivity contribution in [2.24, 2.45) is 0 Å². The van der Waals surface area contributed by atoms with Crippen molar-refractivity contribution < 1.29 is 19.1 Å². The second-order valence-electron chi connectivity index (χ2n) is 13.8. The summed E-state index contributed by atoms with van der Waals surface area (Å²) in [5.41, 5.74) is 2.92. The Morgan fingerprint density at radius 1 is 0.833 bits per heavy atom. The van der Waals surface area contributed by atoms with Crippen molar-refractivity contribution in [3.63, 3.8) is 0 Å². The van der Waals surface area contributed by atoms with Gasteiger partial charge in [0.1, 0.15) is 0 Å². The Kier molecular flexibility index (Phi) is 11.7.